The summed E-state index contributed by atoms with van der Waals surface area (Å²) in [5.41, 5.74) is 1.64. The second-order valence-corrected chi connectivity index (χ2v) is 7.58. The van der Waals surface area contributed by atoms with Gasteiger partial charge in [0.1, 0.15) is 5.82 Å². The van der Waals surface area contributed by atoms with E-state index in [2.05, 4.69) is 31.4 Å². The average Bonchev–Trinajstić information content (AvgIpc) is 2.76. The van der Waals surface area contributed by atoms with E-state index in [1.807, 2.05) is 32.0 Å². The Kier molecular flexibility index (Phi) is 2.75. The highest BCUT2D eigenvalue weighted by molar-refractivity contribution is 5.80. The number of nitrogens with zero attached hydrogens (tertiary/aromatic N) is 2. The van der Waals surface area contributed by atoms with Crippen LogP contribution in [-0.2, 0) is 10.3 Å². The third-order valence-corrected chi connectivity index (χ3v) is 4.63. The van der Waals surface area contributed by atoms with Gasteiger partial charge in [0.2, 0.25) is 0 Å². The number of aliphatic carboxylic acids is 1. The highest BCUT2D eigenvalue weighted by atomic mass is 16.4. The van der Waals surface area contributed by atoms with E-state index in [1.54, 1.807) is 0 Å². The van der Waals surface area contributed by atoms with Gasteiger partial charge in [-0.1, -0.05) is 26.0 Å². The number of carboxylic acids is 1. The smallest absolute Gasteiger partial charge is 0.307 e. The molecule has 0 aliphatic heterocycles. The zero-order valence-corrected chi connectivity index (χ0v) is 13.2. The topological polar surface area (TPSA) is 55.1 Å². The predicted molar refractivity (Wildman–Crippen MR) is 82.4 cm³/mol. The average molecular weight is 286 g/mol. The maximum atomic E-state index is 11.5. The van der Waals surface area contributed by atoms with E-state index in [0.717, 1.165) is 16.9 Å². The lowest BCUT2D eigenvalue weighted by atomic mass is 10.1. The Hall–Kier alpha value is -1.84. The first kappa shape index (κ1) is 14.1. The third-order valence-electron chi connectivity index (χ3n) is 4.63. The second-order valence-electron chi connectivity index (χ2n) is 7.58. The monoisotopic (exact) mass is 286 g/mol. The number of fused-ring (bicyclic) bond motifs is 1. The van der Waals surface area contributed by atoms with Crippen molar-refractivity contribution in [2.75, 3.05) is 0 Å². The Labute approximate surface area is 124 Å². The van der Waals surface area contributed by atoms with Gasteiger partial charge < -0.3 is 9.67 Å². The molecule has 1 heterocycles. The predicted octanol–water partition coefficient (Wildman–Crippen LogP) is 3.62. The molecule has 3 rings (SSSR count). The van der Waals surface area contributed by atoms with Gasteiger partial charge in [0, 0.05) is 11.5 Å². The van der Waals surface area contributed by atoms with E-state index in [1.165, 1.54) is 0 Å². The van der Waals surface area contributed by atoms with Gasteiger partial charge in [0.25, 0.3) is 0 Å². The second kappa shape index (κ2) is 4.09. The molecule has 0 radical (unpaired) electrons. The van der Waals surface area contributed by atoms with Crippen LogP contribution in [0, 0.1) is 11.3 Å². The Bertz CT molecular complexity index is 722. The fourth-order valence-corrected chi connectivity index (χ4v) is 3.54. The number of benzene rings is 1. The molecule has 1 N–H and O–H groups in total. The zero-order chi connectivity index (χ0) is 15.6. The van der Waals surface area contributed by atoms with Gasteiger partial charge in [-0.25, -0.2) is 4.98 Å². The number of rotatable bonds is 2. The number of hydrogen-bond acceptors (Lipinski definition) is 2. The SMILES string of the molecule is CC1(C)C(C(=O)O)C1c1nc2ccccc2n1C(C)(C)C. The maximum absolute atomic E-state index is 11.5. The highest BCUT2D eigenvalue weighted by Gasteiger charge is 2.65. The van der Waals surface area contributed by atoms with Gasteiger partial charge in [-0.05, 0) is 38.3 Å². The molecule has 0 saturated heterocycles. The van der Waals surface area contributed by atoms with E-state index in [4.69, 9.17) is 4.98 Å². The van der Waals surface area contributed by atoms with Crippen molar-refractivity contribution in [1.29, 1.82) is 0 Å². The molecule has 1 saturated carbocycles. The van der Waals surface area contributed by atoms with Crippen LogP contribution in [0.4, 0.5) is 0 Å². The van der Waals surface area contributed by atoms with Crippen molar-refractivity contribution >= 4 is 17.0 Å². The lowest BCUT2D eigenvalue weighted by molar-refractivity contribution is -0.139. The molecule has 1 fully saturated rings. The summed E-state index contributed by atoms with van der Waals surface area (Å²) in [4.78, 5) is 16.3. The molecule has 0 spiro atoms. The first-order valence-electron chi connectivity index (χ1n) is 7.36. The molecule has 1 aromatic heterocycles. The van der Waals surface area contributed by atoms with Crippen molar-refractivity contribution in [3.05, 3.63) is 30.1 Å². The summed E-state index contributed by atoms with van der Waals surface area (Å²) in [6.45, 7) is 10.4. The summed E-state index contributed by atoms with van der Waals surface area (Å²) in [5.74, 6) is -0.198. The van der Waals surface area contributed by atoms with Crippen molar-refractivity contribution in [1.82, 2.24) is 9.55 Å². The fraction of sp³-hybridized carbons (Fsp3) is 0.529. The lowest BCUT2D eigenvalue weighted by Crippen LogP contribution is -2.24. The fourth-order valence-electron chi connectivity index (χ4n) is 3.54. The van der Waals surface area contributed by atoms with Gasteiger partial charge in [-0.3, -0.25) is 4.79 Å². The zero-order valence-electron chi connectivity index (χ0n) is 13.2. The molecule has 2 atom stereocenters. The Morgan fingerprint density at radius 1 is 1.29 bits per heavy atom. The first-order chi connectivity index (χ1) is 9.65. The minimum atomic E-state index is -0.725. The molecule has 4 nitrogen and oxygen atoms in total. The third kappa shape index (κ3) is 1.96. The van der Waals surface area contributed by atoms with Crippen molar-refractivity contribution in [3.63, 3.8) is 0 Å². The number of imidazole rings is 1. The van der Waals surface area contributed by atoms with Crippen LogP contribution in [0.5, 0.6) is 0 Å². The summed E-state index contributed by atoms with van der Waals surface area (Å²) in [6.07, 6.45) is 0. The number of aromatic nitrogens is 2. The summed E-state index contributed by atoms with van der Waals surface area (Å²) in [7, 11) is 0. The molecule has 1 aromatic carbocycles. The molecule has 1 aliphatic carbocycles. The van der Waals surface area contributed by atoms with Crippen LogP contribution in [-0.4, -0.2) is 20.6 Å². The van der Waals surface area contributed by atoms with Crippen LogP contribution in [0.1, 0.15) is 46.4 Å². The van der Waals surface area contributed by atoms with Gasteiger partial charge >= 0.3 is 5.97 Å². The summed E-state index contributed by atoms with van der Waals surface area (Å²) in [5, 5.41) is 9.45. The van der Waals surface area contributed by atoms with E-state index in [9.17, 15) is 9.90 Å². The largest absolute Gasteiger partial charge is 0.481 e. The van der Waals surface area contributed by atoms with Crippen molar-refractivity contribution < 1.29 is 9.90 Å². The quantitative estimate of drug-likeness (QED) is 0.917. The Balaban J connectivity index is 2.23. The summed E-state index contributed by atoms with van der Waals surface area (Å²) >= 11 is 0. The normalized spacial score (nSPS) is 24.2. The van der Waals surface area contributed by atoms with Crippen LogP contribution in [0.3, 0.4) is 0 Å². The Morgan fingerprint density at radius 2 is 1.90 bits per heavy atom. The molecule has 0 amide bonds. The summed E-state index contributed by atoms with van der Waals surface area (Å²) < 4.78 is 2.21. The van der Waals surface area contributed by atoms with Crippen molar-refractivity contribution in [2.24, 2.45) is 11.3 Å². The molecular weight excluding hydrogens is 264 g/mol. The van der Waals surface area contributed by atoms with Gasteiger partial charge in [-0.2, -0.15) is 0 Å². The van der Waals surface area contributed by atoms with Gasteiger partial charge in [0.15, 0.2) is 0 Å². The number of carbonyl (C=O) groups is 1. The minimum Gasteiger partial charge on any atom is -0.481 e. The van der Waals surface area contributed by atoms with Crippen LogP contribution in [0.2, 0.25) is 0 Å². The van der Waals surface area contributed by atoms with E-state index in [0.29, 0.717) is 0 Å². The molecule has 0 bridgehead atoms. The standard InChI is InChI=1S/C17H22N2O2/c1-16(2,3)19-11-9-7-6-8-10(11)18-14(19)12-13(15(20)21)17(12,4)5/h6-9,12-13H,1-5H3,(H,20,21). The Morgan fingerprint density at radius 3 is 2.43 bits per heavy atom. The lowest BCUT2D eigenvalue weighted by Gasteiger charge is -2.25. The van der Waals surface area contributed by atoms with Crippen LogP contribution < -0.4 is 0 Å². The van der Waals surface area contributed by atoms with Crippen molar-refractivity contribution in [2.45, 2.75) is 46.1 Å². The number of para-hydroxylation sites is 2. The minimum absolute atomic E-state index is 0.0263. The van der Waals surface area contributed by atoms with E-state index >= 15 is 0 Å². The number of hydrogen-bond donors (Lipinski definition) is 1. The van der Waals surface area contributed by atoms with Crippen LogP contribution in [0.15, 0.2) is 24.3 Å². The highest BCUT2D eigenvalue weighted by Crippen LogP contribution is 2.64. The molecule has 21 heavy (non-hydrogen) atoms. The molecule has 2 aromatic rings. The van der Waals surface area contributed by atoms with E-state index < -0.39 is 5.97 Å². The van der Waals surface area contributed by atoms with E-state index in [-0.39, 0.29) is 22.8 Å². The summed E-state index contributed by atoms with van der Waals surface area (Å²) in [6, 6.07) is 8.02. The van der Waals surface area contributed by atoms with Gasteiger partial charge in [-0.15, -0.1) is 0 Å². The van der Waals surface area contributed by atoms with Crippen molar-refractivity contribution in [3.8, 4) is 0 Å². The molecule has 4 heteroatoms. The molecular formula is C17H22N2O2. The van der Waals surface area contributed by atoms with Crippen LogP contribution in [0.25, 0.3) is 11.0 Å². The van der Waals surface area contributed by atoms with Gasteiger partial charge in [0.05, 0.1) is 17.0 Å². The molecule has 112 valence electrons. The molecule has 1 aliphatic rings. The number of carboxylic acid groups (broad SMARTS) is 1. The van der Waals surface area contributed by atoms with Crippen LogP contribution >= 0.6 is 0 Å². The molecule has 2 unspecified atom stereocenters. The maximum Gasteiger partial charge on any atom is 0.307 e. The first-order valence-corrected chi connectivity index (χ1v) is 7.36.